The number of alkyl halides is 3. The SMILES string of the molecule is O=C(O)C(F)(F)F.c1cc(-c2ccc3c(c2)OCO3)nc(NCCCN2CCOCC2)n1. The zero-order chi connectivity index (χ0) is 23.0. The molecule has 2 N–H and O–H groups in total. The fourth-order valence-electron chi connectivity index (χ4n) is 2.99. The molecule has 0 atom stereocenters. The lowest BCUT2D eigenvalue weighted by Crippen LogP contribution is -2.37. The van der Waals surface area contributed by atoms with Crippen LogP contribution in [0.25, 0.3) is 11.3 Å². The predicted octanol–water partition coefficient (Wildman–Crippen LogP) is 2.64. The summed E-state index contributed by atoms with van der Waals surface area (Å²) >= 11 is 0. The van der Waals surface area contributed by atoms with Gasteiger partial charge in [0.15, 0.2) is 11.5 Å². The molecule has 1 fully saturated rings. The molecule has 0 radical (unpaired) electrons. The molecule has 1 aromatic carbocycles. The normalized spacial score (nSPS) is 15.6. The molecule has 2 aromatic rings. The monoisotopic (exact) mass is 456 g/mol. The van der Waals surface area contributed by atoms with Crippen LogP contribution in [-0.2, 0) is 9.53 Å². The Bertz CT molecular complexity index is 907. The molecule has 1 saturated heterocycles. The molecule has 12 heteroatoms. The van der Waals surface area contributed by atoms with E-state index in [-0.39, 0.29) is 6.79 Å². The quantitative estimate of drug-likeness (QED) is 0.635. The summed E-state index contributed by atoms with van der Waals surface area (Å²) in [5, 5.41) is 10.4. The average molecular weight is 456 g/mol. The maximum atomic E-state index is 10.6. The third-order valence-corrected chi connectivity index (χ3v) is 4.60. The Labute approximate surface area is 182 Å². The second-order valence-electron chi connectivity index (χ2n) is 6.87. The molecule has 0 aliphatic carbocycles. The molecule has 0 saturated carbocycles. The number of hydrogen-bond acceptors (Lipinski definition) is 8. The summed E-state index contributed by atoms with van der Waals surface area (Å²) in [7, 11) is 0. The molecule has 0 unspecified atom stereocenters. The predicted molar refractivity (Wildman–Crippen MR) is 108 cm³/mol. The minimum absolute atomic E-state index is 0.276. The number of anilines is 1. The van der Waals surface area contributed by atoms with Crippen molar-refractivity contribution in [2.45, 2.75) is 12.6 Å². The van der Waals surface area contributed by atoms with E-state index in [0.29, 0.717) is 5.95 Å². The first-order valence-electron chi connectivity index (χ1n) is 9.90. The molecule has 174 valence electrons. The highest BCUT2D eigenvalue weighted by Crippen LogP contribution is 2.35. The van der Waals surface area contributed by atoms with Gasteiger partial charge in [0, 0.05) is 31.4 Å². The number of aliphatic carboxylic acids is 1. The van der Waals surface area contributed by atoms with Gasteiger partial charge in [-0.2, -0.15) is 13.2 Å². The van der Waals surface area contributed by atoms with Crippen LogP contribution in [0.2, 0.25) is 0 Å². The van der Waals surface area contributed by atoms with Crippen LogP contribution in [0.15, 0.2) is 30.5 Å². The van der Waals surface area contributed by atoms with Gasteiger partial charge in [0.25, 0.3) is 0 Å². The van der Waals surface area contributed by atoms with Crippen LogP contribution in [0.1, 0.15) is 6.42 Å². The van der Waals surface area contributed by atoms with E-state index in [1.54, 1.807) is 6.20 Å². The van der Waals surface area contributed by atoms with Crippen LogP contribution in [0.4, 0.5) is 19.1 Å². The maximum Gasteiger partial charge on any atom is 0.490 e. The number of carboxylic acids is 1. The summed E-state index contributed by atoms with van der Waals surface area (Å²) in [5.74, 6) is -0.569. The van der Waals surface area contributed by atoms with E-state index >= 15 is 0 Å². The van der Waals surface area contributed by atoms with Crippen LogP contribution >= 0.6 is 0 Å². The zero-order valence-electron chi connectivity index (χ0n) is 17.1. The van der Waals surface area contributed by atoms with Gasteiger partial charge in [-0.05, 0) is 37.2 Å². The first-order valence-corrected chi connectivity index (χ1v) is 9.90. The summed E-state index contributed by atoms with van der Waals surface area (Å²) < 4.78 is 47.9. The summed E-state index contributed by atoms with van der Waals surface area (Å²) in [6, 6.07) is 7.75. The van der Waals surface area contributed by atoms with Crippen molar-refractivity contribution >= 4 is 11.9 Å². The highest BCUT2D eigenvalue weighted by molar-refractivity contribution is 5.73. The first-order chi connectivity index (χ1) is 15.3. The highest BCUT2D eigenvalue weighted by atomic mass is 19.4. The fourth-order valence-corrected chi connectivity index (χ4v) is 2.99. The van der Waals surface area contributed by atoms with E-state index in [0.717, 1.165) is 68.6 Å². The number of benzene rings is 1. The number of nitrogens with one attached hydrogen (secondary N) is 1. The second kappa shape index (κ2) is 11.0. The molecule has 32 heavy (non-hydrogen) atoms. The first kappa shape index (κ1) is 23.5. The smallest absolute Gasteiger partial charge is 0.475 e. The van der Waals surface area contributed by atoms with Crippen molar-refractivity contribution in [3.63, 3.8) is 0 Å². The number of fused-ring (bicyclic) bond motifs is 1. The summed E-state index contributed by atoms with van der Waals surface area (Å²) in [6.07, 6.45) is -2.26. The average Bonchev–Trinajstić information content (AvgIpc) is 3.25. The zero-order valence-corrected chi connectivity index (χ0v) is 17.1. The van der Waals surface area contributed by atoms with Crippen LogP contribution in [0.5, 0.6) is 11.5 Å². The van der Waals surface area contributed by atoms with Gasteiger partial charge >= 0.3 is 12.1 Å². The number of carboxylic acid groups (broad SMARTS) is 1. The standard InChI is InChI=1S/C18H22N4O3.C2HF3O2/c1(7-22-8-10-23-11-9-22)5-19-18-20-6-4-15(21-18)14-2-3-16-17(12-14)25-13-24-16;3-2(4,5)1(6)7/h2-4,6,12H,1,5,7-11,13H2,(H,19,20,21);(H,6,7). The van der Waals surface area contributed by atoms with E-state index in [4.69, 9.17) is 24.1 Å². The Morgan fingerprint density at radius 3 is 2.59 bits per heavy atom. The largest absolute Gasteiger partial charge is 0.490 e. The van der Waals surface area contributed by atoms with Gasteiger partial charge in [-0.1, -0.05) is 0 Å². The minimum Gasteiger partial charge on any atom is -0.475 e. The Hall–Kier alpha value is -3.12. The molecule has 0 spiro atoms. The van der Waals surface area contributed by atoms with Gasteiger partial charge < -0.3 is 24.6 Å². The number of aromatic nitrogens is 2. The van der Waals surface area contributed by atoms with E-state index in [1.807, 2.05) is 24.3 Å². The molecule has 0 amide bonds. The Morgan fingerprint density at radius 1 is 1.16 bits per heavy atom. The van der Waals surface area contributed by atoms with Crippen molar-refractivity contribution in [1.82, 2.24) is 14.9 Å². The number of carbonyl (C=O) groups is 1. The molecule has 2 aliphatic rings. The van der Waals surface area contributed by atoms with Gasteiger partial charge in [0.2, 0.25) is 12.7 Å². The fraction of sp³-hybridized carbons (Fsp3) is 0.450. The third-order valence-electron chi connectivity index (χ3n) is 4.60. The number of ether oxygens (including phenoxy) is 3. The molecule has 4 rings (SSSR count). The molecular formula is C20H23F3N4O5. The second-order valence-corrected chi connectivity index (χ2v) is 6.87. The van der Waals surface area contributed by atoms with Crippen LogP contribution < -0.4 is 14.8 Å². The molecular weight excluding hydrogens is 433 g/mol. The lowest BCUT2D eigenvalue weighted by molar-refractivity contribution is -0.192. The summed E-state index contributed by atoms with van der Waals surface area (Å²) in [4.78, 5) is 20.2. The van der Waals surface area contributed by atoms with Gasteiger partial charge in [-0.15, -0.1) is 0 Å². The molecule has 9 nitrogen and oxygen atoms in total. The van der Waals surface area contributed by atoms with Gasteiger partial charge in [0.05, 0.1) is 18.9 Å². The number of rotatable bonds is 6. The Balaban J connectivity index is 0.000000360. The Morgan fingerprint density at radius 2 is 1.88 bits per heavy atom. The van der Waals surface area contributed by atoms with Crippen molar-refractivity contribution in [1.29, 1.82) is 0 Å². The van der Waals surface area contributed by atoms with Gasteiger partial charge in [0.1, 0.15) is 0 Å². The molecule has 2 aliphatic heterocycles. The summed E-state index contributed by atoms with van der Waals surface area (Å²) in [5.41, 5.74) is 1.85. The van der Waals surface area contributed by atoms with Crippen LogP contribution in [0.3, 0.4) is 0 Å². The maximum absolute atomic E-state index is 10.6. The summed E-state index contributed by atoms with van der Waals surface area (Å²) in [6.45, 7) is 5.92. The molecule has 1 aromatic heterocycles. The van der Waals surface area contributed by atoms with Gasteiger partial charge in [-0.25, -0.2) is 14.8 Å². The highest BCUT2D eigenvalue weighted by Gasteiger charge is 2.38. The number of morpholine rings is 1. The lowest BCUT2D eigenvalue weighted by atomic mass is 10.1. The number of nitrogens with zero attached hydrogens (tertiary/aromatic N) is 3. The Kier molecular flexibility index (Phi) is 8.06. The lowest BCUT2D eigenvalue weighted by Gasteiger charge is -2.26. The van der Waals surface area contributed by atoms with E-state index in [1.165, 1.54) is 0 Å². The molecule has 3 heterocycles. The minimum atomic E-state index is -5.08. The van der Waals surface area contributed by atoms with Crippen molar-refractivity contribution < 1.29 is 37.3 Å². The van der Waals surface area contributed by atoms with Crippen LogP contribution in [-0.4, -0.2) is 78.3 Å². The van der Waals surface area contributed by atoms with Crippen molar-refractivity contribution in [2.24, 2.45) is 0 Å². The number of hydrogen-bond donors (Lipinski definition) is 2. The van der Waals surface area contributed by atoms with Crippen molar-refractivity contribution in [2.75, 3.05) is 51.5 Å². The van der Waals surface area contributed by atoms with E-state index in [2.05, 4.69) is 20.2 Å². The topological polar surface area (TPSA) is 106 Å². The van der Waals surface area contributed by atoms with Crippen molar-refractivity contribution in [3.05, 3.63) is 30.5 Å². The molecule has 0 bridgehead atoms. The third kappa shape index (κ3) is 6.95. The van der Waals surface area contributed by atoms with E-state index < -0.39 is 12.1 Å². The number of halogens is 3. The van der Waals surface area contributed by atoms with Crippen molar-refractivity contribution in [3.8, 4) is 22.8 Å². The van der Waals surface area contributed by atoms with Crippen LogP contribution in [0, 0.1) is 0 Å². The van der Waals surface area contributed by atoms with E-state index in [9.17, 15) is 13.2 Å². The van der Waals surface area contributed by atoms with Gasteiger partial charge in [-0.3, -0.25) is 4.90 Å².